The van der Waals surface area contributed by atoms with Crippen molar-refractivity contribution in [3.05, 3.63) is 29.3 Å². The maximum atomic E-state index is 5.45. The zero-order chi connectivity index (χ0) is 12.4. The summed E-state index contributed by atoms with van der Waals surface area (Å²) in [6.45, 7) is 4.39. The molecule has 1 fully saturated rings. The Morgan fingerprint density at radius 3 is 2.89 bits per heavy atom. The van der Waals surface area contributed by atoms with Gasteiger partial charge in [0.05, 0.1) is 6.10 Å². The van der Waals surface area contributed by atoms with Crippen LogP contribution in [-0.4, -0.2) is 32.8 Å². The molecule has 0 saturated carbocycles. The third-order valence-electron chi connectivity index (χ3n) is 4.23. The predicted molar refractivity (Wildman–Crippen MR) is 74.1 cm³/mol. The molecule has 0 spiro atoms. The van der Waals surface area contributed by atoms with E-state index in [2.05, 4.69) is 28.4 Å². The molecule has 98 valence electrons. The number of methoxy groups -OCH3 is 1. The fraction of sp³-hybridized carbons (Fsp3) is 0.600. The van der Waals surface area contributed by atoms with Crippen LogP contribution >= 0.6 is 0 Å². The Labute approximate surface area is 109 Å². The molecule has 3 heteroatoms. The Bertz CT molecular complexity index is 411. The topological polar surface area (TPSA) is 24.5 Å². The molecule has 3 rings (SSSR count). The molecule has 18 heavy (non-hydrogen) atoms. The summed E-state index contributed by atoms with van der Waals surface area (Å²) < 4.78 is 5.45. The molecule has 1 aromatic carbocycles. The van der Waals surface area contributed by atoms with Crippen molar-refractivity contribution in [2.24, 2.45) is 0 Å². The normalized spacial score (nSPS) is 20.8. The highest BCUT2D eigenvalue weighted by Gasteiger charge is 2.22. The van der Waals surface area contributed by atoms with Crippen molar-refractivity contribution in [3.63, 3.8) is 0 Å². The monoisotopic (exact) mass is 246 g/mol. The lowest BCUT2D eigenvalue weighted by molar-refractivity contribution is 0.0819. The molecule has 2 aliphatic heterocycles. The van der Waals surface area contributed by atoms with Gasteiger partial charge in [-0.3, -0.25) is 0 Å². The van der Waals surface area contributed by atoms with Crippen molar-refractivity contribution in [2.75, 3.05) is 31.6 Å². The zero-order valence-corrected chi connectivity index (χ0v) is 11.1. The lowest BCUT2D eigenvalue weighted by Crippen LogP contribution is -2.38. The van der Waals surface area contributed by atoms with E-state index in [9.17, 15) is 0 Å². The van der Waals surface area contributed by atoms with Gasteiger partial charge >= 0.3 is 0 Å². The Morgan fingerprint density at radius 2 is 2.11 bits per heavy atom. The highest BCUT2D eigenvalue weighted by atomic mass is 16.5. The van der Waals surface area contributed by atoms with Gasteiger partial charge < -0.3 is 15.0 Å². The predicted octanol–water partition coefficient (Wildman–Crippen LogP) is 1.95. The Hall–Kier alpha value is -1.06. The first-order valence-electron chi connectivity index (χ1n) is 6.97. The summed E-state index contributed by atoms with van der Waals surface area (Å²) in [5.74, 6) is 0. The number of hydrogen-bond donors (Lipinski definition) is 1. The molecule has 1 aromatic rings. The molecule has 0 aliphatic carbocycles. The first-order valence-corrected chi connectivity index (χ1v) is 6.97. The van der Waals surface area contributed by atoms with E-state index < -0.39 is 0 Å². The third-order valence-corrected chi connectivity index (χ3v) is 4.23. The number of anilines is 1. The Kier molecular flexibility index (Phi) is 3.52. The molecule has 0 bridgehead atoms. The molecule has 2 heterocycles. The van der Waals surface area contributed by atoms with Crippen LogP contribution in [0.1, 0.15) is 24.0 Å². The van der Waals surface area contributed by atoms with Crippen molar-refractivity contribution >= 4 is 5.69 Å². The summed E-state index contributed by atoms with van der Waals surface area (Å²) in [6.07, 6.45) is 3.93. The van der Waals surface area contributed by atoms with Crippen LogP contribution < -0.4 is 10.2 Å². The van der Waals surface area contributed by atoms with Gasteiger partial charge in [0.2, 0.25) is 0 Å². The van der Waals surface area contributed by atoms with E-state index in [-0.39, 0.29) is 0 Å². The summed E-state index contributed by atoms with van der Waals surface area (Å²) in [5.41, 5.74) is 4.50. The molecular weight excluding hydrogens is 224 g/mol. The maximum Gasteiger partial charge on any atom is 0.0605 e. The van der Waals surface area contributed by atoms with Crippen LogP contribution in [0.25, 0.3) is 0 Å². The number of fused-ring (bicyclic) bond motifs is 1. The summed E-state index contributed by atoms with van der Waals surface area (Å²) in [7, 11) is 1.83. The first kappa shape index (κ1) is 12.0. The van der Waals surface area contributed by atoms with Crippen LogP contribution in [0.2, 0.25) is 0 Å². The quantitative estimate of drug-likeness (QED) is 0.863. The number of hydrogen-bond acceptors (Lipinski definition) is 3. The van der Waals surface area contributed by atoms with Crippen molar-refractivity contribution < 1.29 is 4.74 Å². The number of ether oxygens (including phenoxy) is 1. The van der Waals surface area contributed by atoms with E-state index in [1.807, 2.05) is 7.11 Å². The van der Waals surface area contributed by atoms with Crippen LogP contribution in [-0.2, 0) is 17.7 Å². The summed E-state index contributed by atoms with van der Waals surface area (Å²) in [5, 5.41) is 3.45. The molecule has 3 nitrogen and oxygen atoms in total. The average molecular weight is 246 g/mol. The van der Waals surface area contributed by atoms with Crippen LogP contribution in [0.15, 0.2) is 18.2 Å². The maximum absolute atomic E-state index is 5.45. The van der Waals surface area contributed by atoms with Gasteiger partial charge in [-0.15, -0.1) is 0 Å². The van der Waals surface area contributed by atoms with Crippen molar-refractivity contribution in [2.45, 2.75) is 31.9 Å². The summed E-state index contributed by atoms with van der Waals surface area (Å²) >= 11 is 0. The summed E-state index contributed by atoms with van der Waals surface area (Å²) in [6, 6.07) is 6.74. The Balaban J connectivity index is 1.80. The smallest absolute Gasteiger partial charge is 0.0605 e. The second-order valence-electron chi connectivity index (χ2n) is 5.26. The molecule has 2 aliphatic rings. The molecule has 1 N–H and O–H groups in total. The molecule has 0 unspecified atom stereocenters. The second kappa shape index (κ2) is 5.29. The number of benzene rings is 1. The van der Waals surface area contributed by atoms with Gasteiger partial charge in [-0.2, -0.15) is 0 Å². The van der Waals surface area contributed by atoms with Crippen molar-refractivity contribution in [1.29, 1.82) is 0 Å². The molecule has 0 radical (unpaired) electrons. The molecular formula is C15H22N2O. The number of piperidine rings is 1. The fourth-order valence-electron chi connectivity index (χ4n) is 3.14. The van der Waals surface area contributed by atoms with Crippen LogP contribution in [0.5, 0.6) is 0 Å². The third kappa shape index (κ3) is 2.25. The van der Waals surface area contributed by atoms with Gasteiger partial charge in [0, 0.05) is 32.4 Å². The Morgan fingerprint density at radius 1 is 1.28 bits per heavy atom. The number of nitrogens with one attached hydrogen (secondary N) is 1. The number of nitrogens with zero attached hydrogens (tertiary/aromatic N) is 1. The average Bonchev–Trinajstić information content (AvgIpc) is 2.47. The van der Waals surface area contributed by atoms with Crippen molar-refractivity contribution in [3.8, 4) is 0 Å². The molecule has 0 amide bonds. The SMILES string of the molecule is COC1CCN(c2cccc3c2CCNC3)CC1. The lowest BCUT2D eigenvalue weighted by atomic mass is 9.97. The zero-order valence-electron chi connectivity index (χ0n) is 11.1. The van der Waals surface area contributed by atoms with E-state index in [1.54, 1.807) is 5.56 Å². The molecule has 1 saturated heterocycles. The van der Waals surface area contributed by atoms with E-state index >= 15 is 0 Å². The van der Waals surface area contributed by atoms with Crippen LogP contribution in [0.4, 0.5) is 5.69 Å². The number of rotatable bonds is 2. The minimum absolute atomic E-state index is 0.461. The van der Waals surface area contributed by atoms with Gasteiger partial charge in [0.15, 0.2) is 0 Å². The first-order chi connectivity index (χ1) is 8.88. The van der Waals surface area contributed by atoms with E-state index in [1.165, 1.54) is 11.3 Å². The highest BCUT2D eigenvalue weighted by Crippen LogP contribution is 2.29. The minimum atomic E-state index is 0.461. The lowest BCUT2D eigenvalue weighted by Gasteiger charge is -2.35. The second-order valence-corrected chi connectivity index (χ2v) is 5.26. The standard InChI is InChI=1S/C15H22N2O/c1-18-13-6-9-17(10-7-13)15-4-2-3-12-11-16-8-5-14(12)15/h2-4,13,16H,5-11H2,1H3. The van der Waals surface area contributed by atoms with Crippen molar-refractivity contribution in [1.82, 2.24) is 5.32 Å². The van der Waals surface area contributed by atoms with Gasteiger partial charge in [0.1, 0.15) is 0 Å². The van der Waals surface area contributed by atoms with Crippen LogP contribution in [0, 0.1) is 0 Å². The largest absolute Gasteiger partial charge is 0.381 e. The van der Waals surface area contributed by atoms with Gasteiger partial charge in [-0.05, 0) is 43.0 Å². The fourth-order valence-corrected chi connectivity index (χ4v) is 3.14. The van der Waals surface area contributed by atoms with E-state index in [4.69, 9.17) is 4.74 Å². The van der Waals surface area contributed by atoms with Gasteiger partial charge in [0.25, 0.3) is 0 Å². The highest BCUT2D eigenvalue weighted by molar-refractivity contribution is 5.58. The molecule has 0 atom stereocenters. The van der Waals surface area contributed by atoms with E-state index in [0.29, 0.717) is 6.10 Å². The van der Waals surface area contributed by atoms with Crippen LogP contribution in [0.3, 0.4) is 0 Å². The summed E-state index contributed by atoms with van der Waals surface area (Å²) in [4.78, 5) is 2.54. The van der Waals surface area contributed by atoms with E-state index in [0.717, 1.165) is 45.4 Å². The molecule has 0 aromatic heterocycles. The van der Waals surface area contributed by atoms with Gasteiger partial charge in [-0.1, -0.05) is 12.1 Å². The minimum Gasteiger partial charge on any atom is -0.381 e. The van der Waals surface area contributed by atoms with Gasteiger partial charge in [-0.25, -0.2) is 0 Å².